The number of hydrogen-bond donors (Lipinski definition) is 0. The van der Waals surface area contributed by atoms with Gasteiger partial charge in [0, 0.05) is 0 Å². The van der Waals surface area contributed by atoms with Crippen molar-refractivity contribution in [1.82, 2.24) is 0 Å². The molecule has 0 spiro atoms. The number of halogens is 2. The van der Waals surface area contributed by atoms with Crippen LogP contribution in [-0.2, 0) is 19.4 Å². The van der Waals surface area contributed by atoms with Crippen molar-refractivity contribution in [1.29, 1.82) is 0 Å². The zero-order valence-corrected chi connectivity index (χ0v) is 16.0. The average Bonchev–Trinajstić information content (AvgIpc) is 2.38. The molecule has 0 amide bonds. The Morgan fingerprint density at radius 1 is 1.33 bits per heavy atom. The molecule has 1 aromatic carbocycles. The van der Waals surface area contributed by atoms with E-state index in [1.165, 1.54) is 23.1 Å². The molecule has 0 atom stereocenters. The maximum atomic E-state index is 12.7. The summed E-state index contributed by atoms with van der Waals surface area (Å²) in [6.07, 6.45) is 0. The van der Waals surface area contributed by atoms with Crippen molar-refractivity contribution in [2.24, 2.45) is 0 Å². The summed E-state index contributed by atoms with van der Waals surface area (Å²) in [6.45, 7) is 1.71. The predicted octanol–water partition coefficient (Wildman–Crippen LogP) is 3.51. The van der Waals surface area contributed by atoms with Crippen molar-refractivity contribution in [3.05, 3.63) is 38.0 Å². The van der Waals surface area contributed by atoms with Crippen LogP contribution in [0.1, 0.15) is 6.92 Å². The molecule has 0 aliphatic carbocycles. The molecule has 116 valence electrons. The summed E-state index contributed by atoms with van der Waals surface area (Å²) in [5.41, 5.74) is 3.81. The molecule has 0 saturated heterocycles. The third kappa shape index (κ3) is 4.75. The minimum atomic E-state index is -4.06. The molecule has 0 aromatic heterocycles. The predicted molar refractivity (Wildman–Crippen MR) is 85.8 cm³/mol. The Morgan fingerprint density at radius 2 is 1.95 bits per heavy atom. The summed E-state index contributed by atoms with van der Waals surface area (Å²) in [4.78, 5) is 12.9. The molecule has 0 unspecified atom stereocenters. The van der Waals surface area contributed by atoms with Gasteiger partial charge in [0.25, 0.3) is 0 Å². The van der Waals surface area contributed by atoms with Gasteiger partial charge in [-0.3, -0.25) is 0 Å². The number of carbonyl (C=O) groups excluding carboxylic acids is 1. The van der Waals surface area contributed by atoms with E-state index in [0.717, 1.165) is 0 Å². The van der Waals surface area contributed by atoms with E-state index in [1.54, 1.807) is 6.92 Å². The topological polar surface area (TPSA) is 60.4 Å². The van der Waals surface area contributed by atoms with Crippen LogP contribution in [0.4, 0.5) is 0 Å². The van der Waals surface area contributed by atoms with Crippen molar-refractivity contribution < 1.29 is 17.9 Å². The zero-order valence-electron chi connectivity index (χ0n) is 11.8. The third-order valence-electron chi connectivity index (χ3n) is 2.32. The number of hydrogen-bond acceptors (Lipinski definition) is 4. The summed E-state index contributed by atoms with van der Waals surface area (Å²) in [6, 6.07) is 4.09. The van der Waals surface area contributed by atoms with Crippen LogP contribution in [0.5, 0.6) is 0 Å². The molecule has 0 saturated carbocycles. The molecule has 1 rings (SSSR count). The van der Waals surface area contributed by atoms with Crippen molar-refractivity contribution in [2.45, 2.75) is 23.2 Å². The maximum absolute atomic E-state index is 12.7. The van der Waals surface area contributed by atoms with Gasteiger partial charge in [0.05, 0.1) is 0 Å². The SMILES string of the molecule is CCOC(=O)/C(=C\[As](C)C)S(=O)(=O)c1cc(Cl)ccc1Cl. The van der Waals surface area contributed by atoms with Gasteiger partial charge in [0.1, 0.15) is 0 Å². The third-order valence-corrected chi connectivity index (χ3v) is 6.79. The second-order valence-corrected chi connectivity index (χ2v) is 11.6. The molecule has 0 N–H and O–H groups in total. The number of carbonyl (C=O) groups is 1. The van der Waals surface area contributed by atoms with Crippen LogP contribution in [0.15, 0.2) is 32.9 Å². The molecule has 0 heterocycles. The van der Waals surface area contributed by atoms with Gasteiger partial charge in [-0.05, 0) is 0 Å². The average molecular weight is 413 g/mol. The first-order valence-corrected chi connectivity index (χ1v) is 13.0. The van der Waals surface area contributed by atoms with E-state index in [0.29, 0.717) is 0 Å². The van der Waals surface area contributed by atoms with Gasteiger partial charge >= 0.3 is 139 Å². The summed E-state index contributed by atoms with van der Waals surface area (Å²) in [5.74, 6) is -0.864. The zero-order chi connectivity index (χ0) is 16.2. The van der Waals surface area contributed by atoms with E-state index in [2.05, 4.69) is 0 Å². The monoisotopic (exact) mass is 412 g/mol. The van der Waals surface area contributed by atoms with E-state index < -0.39 is 30.5 Å². The van der Waals surface area contributed by atoms with Gasteiger partial charge in [-0.1, -0.05) is 0 Å². The summed E-state index contributed by atoms with van der Waals surface area (Å²) < 4.78 is 30.2. The van der Waals surface area contributed by atoms with Crippen LogP contribution in [0.2, 0.25) is 21.5 Å². The number of esters is 1. The fraction of sp³-hybridized carbons (Fsp3) is 0.308. The number of benzene rings is 1. The molecule has 8 heteroatoms. The number of rotatable bonds is 5. The first-order valence-electron chi connectivity index (χ1n) is 5.95. The Hall–Kier alpha value is -0.482. The van der Waals surface area contributed by atoms with Crippen molar-refractivity contribution in [3.8, 4) is 0 Å². The quantitative estimate of drug-likeness (QED) is 0.421. The number of ether oxygens (including phenoxy) is 1. The van der Waals surface area contributed by atoms with Crippen molar-refractivity contribution in [3.63, 3.8) is 0 Å². The van der Waals surface area contributed by atoms with Crippen LogP contribution >= 0.6 is 23.2 Å². The van der Waals surface area contributed by atoms with Crippen LogP contribution in [0.25, 0.3) is 0 Å². The number of sulfone groups is 1. The van der Waals surface area contributed by atoms with Crippen LogP contribution < -0.4 is 0 Å². The summed E-state index contributed by atoms with van der Waals surface area (Å²) in [7, 11) is -4.06. The van der Waals surface area contributed by atoms with Gasteiger partial charge < -0.3 is 0 Å². The summed E-state index contributed by atoms with van der Waals surface area (Å²) in [5, 5.41) is 0.240. The molecule has 4 nitrogen and oxygen atoms in total. The van der Waals surface area contributed by atoms with E-state index in [4.69, 9.17) is 27.9 Å². The second-order valence-electron chi connectivity index (χ2n) is 4.26. The van der Waals surface area contributed by atoms with Crippen LogP contribution in [-0.4, -0.2) is 35.6 Å². The second kappa shape index (κ2) is 7.68. The Labute approximate surface area is 139 Å². The summed E-state index contributed by atoms with van der Waals surface area (Å²) >= 11 is 10.2. The Bertz CT molecular complexity index is 669. The minimum absolute atomic E-state index is 0.0147. The Kier molecular flexibility index (Phi) is 6.79. The van der Waals surface area contributed by atoms with Crippen molar-refractivity contribution in [2.75, 3.05) is 6.61 Å². The molecule has 0 aliphatic rings. The standard InChI is InChI=1S/C13H15AsCl2O4S/c1-4-20-13(17)12(8-14(2)3)21(18,19)11-7-9(15)5-6-10(11)16/h5-8H,4H2,1-3H3/b12-8+. The van der Waals surface area contributed by atoms with Crippen LogP contribution in [0, 0.1) is 0 Å². The van der Waals surface area contributed by atoms with E-state index in [1.807, 2.05) is 11.4 Å². The Balaban J connectivity index is 3.48. The fourth-order valence-corrected chi connectivity index (χ4v) is 6.56. The normalized spacial score (nSPS) is 12.6. The molecule has 1 aromatic rings. The molecular formula is C13H15AsCl2O4S. The van der Waals surface area contributed by atoms with Gasteiger partial charge in [-0.2, -0.15) is 0 Å². The van der Waals surface area contributed by atoms with Gasteiger partial charge in [-0.15, -0.1) is 0 Å². The molecule has 0 aliphatic heterocycles. The van der Waals surface area contributed by atoms with Gasteiger partial charge in [-0.25, -0.2) is 0 Å². The van der Waals surface area contributed by atoms with Gasteiger partial charge in [0.15, 0.2) is 0 Å². The molecule has 21 heavy (non-hydrogen) atoms. The Morgan fingerprint density at radius 3 is 2.48 bits per heavy atom. The van der Waals surface area contributed by atoms with E-state index in [-0.39, 0.29) is 26.5 Å². The van der Waals surface area contributed by atoms with Crippen molar-refractivity contribution >= 4 is 53.7 Å². The first-order chi connectivity index (χ1) is 9.70. The molecule has 0 bridgehead atoms. The van der Waals surface area contributed by atoms with Crippen LogP contribution in [0.3, 0.4) is 0 Å². The van der Waals surface area contributed by atoms with Gasteiger partial charge in [0.2, 0.25) is 0 Å². The fourth-order valence-electron chi connectivity index (χ4n) is 1.47. The van der Waals surface area contributed by atoms with E-state index >= 15 is 0 Å². The molecular weight excluding hydrogens is 398 g/mol. The molecule has 0 radical (unpaired) electrons. The van der Waals surface area contributed by atoms with E-state index in [9.17, 15) is 13.2 Å². The first kappa shape index (κ1) is 18.6. The molecule has 0 fully saturated rings.